The largest absolute Gasteiger partial charge is 0.478 e. The molecule has 104 valence electrons. The van der Waals surface area contributed by atoms with Gasteiger partial charge < -0.3 is 14.8 Å². The number of carboxylic acid groups (broad SMARTS) is 1. The van der Waals surface area contributed by atoms with Gasteiger partial charge in [-0.05, 0) is 24.3 Å². The molecule has 0 unspecified atom stereocenters. The summed E-state index contributed by atoms with van der Waals surface area (Å²) in [6.07, 6.45) is 0.633. The van der Waals surface area contributed by atoms with E-state index in [-0.39, 0.29) is 11.4 Å². The van der Waals surface area contributed by atoms with E-state index in [2.05, 4.69) is 5.32 Å². The van der Waals surface area contributed by atoms with E-state index < -0.39 is 23.3 Å². The predicted octanol–water partition coefficient (Wildman–Crippen LogP) is 2.93. The van der Waals surface area contributed by atoms with Crippen molar-refractivity contribution in [2.45, 2.75) is 13.3 Å². The minimum Gasteiger partial charge on any atom is -0.478 e. The van der Waals surface area contributed by atoms with Crippen molar-refractivity contribution in [2.75, 3.05) is 5.32 Å². The Kier molecular flexibility index (Phi) is 3.84. The standard InChI is InChI=1S/C14H12FNO4/c1-2-8-6-7-11(20-8)13(17)16-10-5-3-4-9(15)12(10)14(18)19/h3-7H,2H2,1H3,(H,16,17)(H,18,19). The number of hydrogen-bond acceptors (Lipinski definition) is 3. The molecular weight excluding hydrogens is 265 g/mol. The second-order valence-corrected chi connectivity index (χ2v) is 4.04. The number of carboxylic acids is 1. The Morgan fingerprint density at radius 3 is 2.65 bits per heavy atom. The number of furan rings is 1. The number of nitrogens with one attached hydrogen (secondary N) is 1. The summed E-state index contributed by atoms with van der Waals surface area (Å²) in [4.78, 5) is 22.9. The first-order chi connectivity index (χ1) is 9.52. The van der Waals surface area contributed by atoms with Crippen LogP contribution in [-0.4, -0.2) is 17.0 Å². The smallest absolute Gasteiger partial charge is 0.340 e. The Morgan fingerprint density at radius 2 is 2.05 bits per heavy atom. The van der Waals surface area contributed by atoms with E-state index in [0.717, 1.165) is 6.07 Å². The second kappa shape index (κ2) is 5.56. The predicted molar refractivity (Wildman–Crippen MR) is 69.4 cm³/mol. The van der Waals surface area contributed by atoms with Gasteiger partial charge in [0.2, 0.25) is 0 Å². The molecular formula is C14H12FNO4. The van der Waals surface area contributed by atoms with Crippen LogP contribution in [0.4, 0.5) is 10.1 Å². The highest BCUT2D eigenvalue weighted by molar-refractivity contribution is 6.06. The van der Waals surface area contributed by atoms with Gasteiger partial charge in [0.25, 0.3) is 5.91 Å². The number of carbonyl (C=O) groups excluding carboxylic acids is 1. The Bertz CT molecular complexity index is 663. The fourth-order valence-electron chi connectivity index (χ4n) is 1.72. The lowest BCUT2D eigenvalue weighted by atomic mass is 10.1. The van der Waals surface area contributed by atoms with Crippen molar-refractivity contribution >= 4 is 17.6 Å². The van der Waals surface area contributed by atoms with E-state index in [1.807, 2.05) is 6.92 Å². The van der Waals surface area contributed by atoms with Crippen LogP contribution in [0.5, 0.6) is 0 Å². The highest BCUT2D eigenvalue weighted by atomic mass is 19.1. The summed E-state index contributed by atoms with van der Waals surface area (Å²) in [5, 5.41) is 11.3. The zero-order valence-corrected chi connectivity index (χ0v) is 10.6. The molecule has 2 aromatic rings. The van der Waals surface area contributed by atoms with Crippen molar-refractivity contribution in [3.63, 3.8) is 0 Å². The van der Waals surface area contributed by atoms with Gasteiger partial charge in [-0.25, -0.2) is 9.18 Å². The van der Waals surface area contributed by atoms with Gasteiger partial charge in [0, 0.05) is 6.42 Å². The monoisotopic (exact) mass is 277 g/mol. The normalized spacial score (nSPS) is 10.3. The van der Waals surface area contributed by atoms with Gasteiger partial charge >= 0.3 is 5.97 Å². The second-order valence-electron chi connectivity index (χ2n) is 4.04. The lowest BCUT2D eigenvalue weighted by Gasteiger charge is -2.07. The molecule has 0 aliphatic heterocycles. The maximum Gasteiger partial charge on any atom is 0.340 e. The van der Waals surface area contributed by atoms with Crippen LogP contribution in [0.25, 0.3) is 0 Å². The number of aromatic carboxylic acids is 1. The SMILES string of the molecule is CCc1ccc(C(=O)Nc2cccc(F)c2C(=O)O)o1. The number of hydrogen-bond donors (Lipinski definition) is 2. The van der Waals surface area contributed by atoms with Crippen LogP contribution in [0.3, 0.4) is 0 Å². The Balaban J connectivity index is 2.28. The summed E-state index contributed by atoms with van der Waals surface area (Å²) in [6, 6.07) is 6.78. The minimum atomic E-state index is -1.45. The first kappa shape index (κ1) is 13.8. The molecule has 2 rings (SSSR count). The molecule has 0 atom stereocenters. The number of amides is 1. The number of halogens is 1. The fourth-order valence-corrected chi connectivity index (χ4v) is 1.72. The summed E-state index contributed by atoms with van der Waals surface area (Å²) in [7, 11) is 0. The van der Waals surface area contributed by atoms with Gasteiger partial charge in [0.1, 0.15) is 17.1 Å². The quantitative estimate of drug-likeness (QED) is 0.900. The van der Waals surface area contributed by atoms with Gasteiger partial charge in [0.15, 0.2) is 5.76 Å². The van der Waals surface area contributed by atoms with Gasteiger partial charge in [-0.3, -0.25) is 4.79 Å². The average molecular weight is 277 g/mol. The highest BCUT2D eigenvalue weighted by Crippen LogP contribution is 2.20. The molecule has 20 heavy (non-hydrogen) atoms. The van der Waals surface area contributed by atoms with E-state index in [1.165, 1.54) is 18.2 Å². The number of aryl methyl sites for hydroxylation is 1. The molecule has 1 aromatic carbocycles. The zero-order chi connectivity index (χ0) is 14.7. The molecule has 5 nitrogen and oxygen atoms in total. The molecule has 0 radical (unpaired) electrons. The lowest BCUT2D eigenvalue weighted by Crippen LogP contribution is -2.15. The third-order valence-electron chi connectivity index (χ3n) is 2.71. The van der Waals surface area contributed by atoms with Crippen molar-refractivity contribution in [3.05, 3.63) is 53.2 Å². The molecule has 0 aliphatic rings. The van der Waals surface area contributed by atoms with Crippen LogP contribution in [0.1, 0.15) is 33.6 Å². The van der Waals surface area contributed by atoms with Crippen molar-refractivity contribution in [3.8, 4) is 0 Å². The molecule has 1 aromatic heterocycles. The van der Waals surface area contributed by atoms with E-state index in [9.17, 15) is 14.0 Å². The van der Waals surface area contributed by atoms with Crippen molar-refractivity contribution < 1.29 is 23.5 Å². The summed E-state index contributed by atoms with van der Waals surface area (Å²) >= 11 is 0. The number of anilines is 1. The summed E-state index contributed by atoms with van der Waals surface area (Å²) in [5.41, 5.74) is -0.694. The molecule has 6 heteroatoms. The van der Waals surface area contributed by atoms with Crippen LogP contribution in [0.15, 0.2) is 34.7 Å². The molecule has 0 fully saturated rings. The molecule has 0 saturated heterocycles. The Labute approximate surface area is 114 Å². The number of benzene rings is 1. The van der Waals surface area contributed by atoms with Gasteiger partial charge in [-0.15, -0.1) is 0 Å². The van der Waals surface area contributed by atoms with Crippen molar-refractivity contribution in [2.24, 2.45) is 0 Å². The minimum absolute atomic E-state index is 0.0439. The topological polar surface area (TPSA) is 79.5 Å². The molecule has 1 amide bonds. The first-order valence-corrected chi connectivity index (χ1v) is 5.94. The van der Waals surface area contributed by atoms with Gasteiger partial charge in [0.05, 0.1) is 5.69 Å². The third-order valence-corrected chi connectivity index (χ3v) is 2.71. The van der Waals surface area contributed by atoms with Crippen LogP contribution >= 0.6 is 0 Å². The van der Waals surface area contributed by atoms with Crippen molar-refractivity contribution in [1.29, 1.82) is 0 Å². The van der Waals surface area contributed by atoms with E-state index in [1.54, 1.807) is 6.07 Å². The third kappa shape index (κ3) is 2.69. The number of carbonyl (C=O) groups is 2. The molecule has 0 saturated carbocycles. The zero-order valence-electron chi connectivity index (χ0n) is 10.6. The summed E-state index contributed by atoms with van der Waals surface area (Å²) in [6.45, 7) is 1.87. The molecule has 2 N–H and O–H groups in total. The van der Waals surface area contributed by atoms with Crippen molar-refractivity contribution in [1.82, 2.24) is 0 Å². The molecule has 0 spiro atoms. The molecule has 1 heterocycles. The van der Waals surface area contributed by atoms with Crippen LogP contribution < -0.4 is 5.32 Å². The van der Waals surface area contributed by atoms with E-state index in [4.69, 9.17) is 9.52 Å². The fraction of sp³-hybridized carbons (Fsp3) is 0.143. The first-order valence-electron chi connectivity index (χ1n) is 5.94. The molecule has 0 bridgehead atoms. The summed E-state index contributed by atoms with van der Waals surface area (Å²) < 4.78 is 18.7. The van der Waals surface area contributed by atoms with E-state index >= 15 is 0 Å². The Morgan fingerprint density at radius 1 is 1.30 bits per heavy atom. The van der Waals surface area contributed by atoms with Gasteiger partial charge in [-0.2, -0.15) is 0 Å². The average Bonchev–Trinajstić information content (AvgIpc) is 2.87. The number of rotatable bonds is 4. The maximum atomic E-state index is 13.5. The maximum absolute atomic E-state index is 13.5. The van der Waals surface area contributed by atoms with Gasteiger partial charge in [-0.1, -0.05) is 13.0 Å². The lowest BCUT2D eigenvalue weighted by molar-refractivity contribution is 0.0693. The van der Waals surface area contributed by atoms with Crippen LogP contribution in [0.2, 0.25) is 0 Å². The highest BCUT2D eigenvalue weighted by Gasteiger charge is 2.19. The van der Waals surface area contributed by atoms with E-state index in [0.29, 0.717) is 12.2 Å². The summed E-state index contributed by atoms with van der Waals surface area (Å²) in [5.74, 6) is -2.32. The Hall–Kier alpha value is -2.63. The van der Waals surface area contributed by atoms with Crippen LogP contribution in [-0.2, 0) is 6.42 Å². The van der Waals surface area contributed by atoms with Crippen LogP contribution in [0, 0.1) is 5.82 Å². The molecule has 0 aliphatic carbocycles.